The molecular weight excluding hydrogens is 228 g/mol. The molecular formula is C12H14N6. The van der Waals surface area contributed by atoms with Crippen LogP contribution >= 0.6 is 0 Å². The van der Waals surface area contributed by atoms with Crippen LogP contribution in [0.2, 0.25) is 0 Å². The fourth-order valence-electron chi connectivity index (χ4n) is 2.17. The number of hydrogen-bond acceptors (Lipinski definition) is 6. The van der Waals surface area contributed by atoms with Gasteiger partial charge in [0, 0.05) is 5.70 Å². The van der Waals surface area contributed by atoms with Crippen LogP contribution in [0, 0.1) is 0 Å². The summed E-state index contributed by atoms with van der Waals surface area (Å²) >= 11 is 0. The lowest BCUT2D eigenvalue weighted by atomic mass is 10.0. The highest BCUT2D eigenvalue weighted by molar-refractivity contribution is 5.76. The lowest BCUT2D eigenvalue weighted by Crippen LogP contribution is -2.41. The molecule has 3 rings (SSSR count). The smallest absolute Gasteiger partial charge is 0.109 e. The van der Waals surface area contributed by atoms with E-state index in [1.165, 1.54) is 0 Å². The number of hydrogen-bond donors (Lipinski definition) is 4. The highest BCUT2D eigenvalue weighted by atomic mass is 15.0. The summed E-state index contributed by atoms with van der Waals surface area (Å²) in [6.45, 7) is 0. The van der Waals surface area contributed by atoms with E-state index >= 15 is 0 Å². The molecule has 8 N–H and O–H groups in total. The van der Waals surface area contributed by atoms with Gasteiger partial charge in [0.25, 0.3) is 0 Å². The standard InChI is InChI=1S/C12H14N6/c13-5-1-2-7-8(3-5)17-9-4-6(14)10(15)11(16)12(9)18-7/h1-4,7-8H,13-16H2. The van der Waals surface area contributed by atoms with Gasteiger partial charge in [0.2, 0.25) is 0 Å². The van der Waals surface area contributed by atoms with Crippen molar-refractivity contribution in [2.75, 3.05) is 17.2 Å². The molecule has 0 radical (unpaired) electrons. The van der Waals surface area contributed by atoms with Crippen molar-refractivity contribution in [3.05, 3.63) is 40.7 Å². The lowest BCUT2D eigenvalue weighted by Gasteiger charge is -2.22. The monoisotopic (exact) mass is 242 g/mol. The van der Waals surface area contributed by atoms with E-state index in [0.717, 1.165) is 0 Å². The maximum atomic E-state index is 5.93. The van der Waals surface area contributed by atoms with E-state index in [1.807, 2.05) is 18.2 Å². The molecule has 1 aromatic rings. The predicted octanol–water partition coefficient (Wildman–Crippen LogP) is -1.16. The third-order valence-electron chi connectivity index (χ3n) is 3.16. The van der Waals surface area contributed by atoms with Crippen molar-refractivity contribution >= 4 is 17.1 Å². The predicted molar refractivity (Wildman–Crippen MR) is 71.0 cm³/mol. The Labute approximate surface area is 103 Å². The molecule has 6 heteroatoms. The summed E-state index contributed by atoms with van der Waals surface area (Å²) in [6.07, 6.45) is 5.61. The summed E-state index contributed by atoms with van der Waals surface area (Å²) in [5.41, 5.74) is 25.1. The van der Waals surface area contributed by atoms with Gasteiger partial charge in [-0.15, -0.1) is 0 Å². The SMILES string of the molecule is NC1=CC2N=c3cc(N)c(N)c(N)c3=NC2C=C1. The number of anilines is 3. The van der Waals surface area contributed by atoms with Crippen molar-refractivity contribution in [1.29, 1.82) is 0 Å². The first-order valence-corrected chi connectivity index (χ1v) is 5.61. The number of nitrogens with two attached hydrogens (primary N) is 4. The summed E-state index contributed by atoms with van der Waals surface area (Å²) in [6, 6.07) is 1.53. The van der Waals surface area contributed by atoms with Crippen LogP contribution < -0.4 is 33.6 Å². The quantitative estimate of drug-likeness (QED) is 0.427. The minimum Gasteiger partial charge on any atom is -0.399 e. The maximum Gasteiger partial charge on any atom is 0.109 e. The van der Waals surface area contributed by atoms with Gasteiger partial charge in [-0.25, -0.2) is 0 Å². The van der Waals surface area contributed by atoms with Crippen LogP contribution in [0.5, 0.6) is 0 Å². The second-order valence-electron chi connectivity index (χ2n) is 4.43. The second kappa shape index (κ2) is 3.49. The Morgan fingerprint density at radius 2 is 1.72 bits per heavy atom. The minimum absolute atomic E-state index is 0.0740. The van der Waals surface area contributed by atoms with Crippen LogP contribution in [0.15, 0.2) is 40.0 Å². The van der Waals surface area contributed by atoms with Gasteiger partial charge in [-0.1, -0.05) is 6.08 Å². The van der Waals surface area contributed by atoms with E-state index in [1.54, 1.807) is 6.07 Å². The Balaban J connectivity index is 2.29. The zero-order valence-electron chi connectivity index (χ0n) is 9.67. The molecule has 1 aromatic carbocycles. The van der Waals surface area contributed by atoms with Crippen molar-refractivity contribution in [2.45, 2.75) is 12.1 Å². The first-order chi connectivity index (χ1) is 8.56. The van der Waals surface area contributed by atoms with Gasteiger partial charge in [0.1, 0.15) is 5.36 Å². The average Bonchev–Trinajstić information content (AvgIpc) is 2.34. The first-order valence-electron chi connectivity index (χ1n) is 5.61. The minimum atomic E-state index is -0.0927. The van der Waals surface area contributed by atoms with Crippen molar-refractivity contribution in [3.8, 4) is 0 Å². The van der Waals surface area contributed by atoms with Crippen molar-refractivity contribution in [2.24, 2.45) is 15.7 Å². The van der Waals surface area contributed by atoms with Gasteiger partial charge < -0.3 is 22.9 Å². The van der Waals surface area contributed by atoms with E-state index in [-0.39, 0.29) is 12.1 Å². The fourth-order valence-corrected chi connectivity index (χ4v) is 2.17. The van der Waals surface area contributed by atoms with Crippen LogP contribution in [-0.2, 0) is 0 Å². The van der Waals surface area contributed by atoms with E-state index in [0.29, 0.717) is 33.5 Å². The van der Waals surface area contributed by atoms with Crippen molar-refractivity contribution in [3.63, 3.8) is 0 Å². The molecule has 2 unspecified atom stereocenters. The third kappa shape index (κ3) is 1.42. The summed E-state index contributed by atoms with van der Waals surface area (Å²) in [7, 11) is 0. The molecule has 0 saturated carbocycles. The average molecular weight is 242 g/mol. The zero-order valence-corrected chi connectivity index (χ0v) is 9.67. The number of rotatable bonds is 0. The van der Waals surface area contributed by atoms with Gasteiger partial charge in [0.05, 0.1) is 34.5 Å². The van der Waals surface area contributed by atoms with Crippen molar-refractivity contribution in [1.82, 2.24) is 0 Å². The zero-order chi connectivity index (χ0) is 12.9. The maximum absolute atomic E-state index is 5.93. The number of fused-ring (bicyclic) bond motifs is 2. The van der Waals surface area contributed by atoms with Crippen LogP contribution in [0.25, 0.3) is 0 Å². The Hall–Kier alpha value is -2.50. The van der Waals surface area contributed by atoms with Gasteiger partial charge in [0.15, 0.2) is 0 Å². The van der Waals surface area contributed by atoms with Crippen LogP contribution in [0.3, 0.4) is 0 Å². The van der Waals surface area contributed by atoms with E-state index in [2.05, 4.69) is 9.98 Å². The Bertz CT molecular complexity index is 700. The molecule has 0 saturated heterocycles. The first kappa shape index (κ1) is 10.6. The molecule has 0 aromatic heterocycles. The second-order valence-corrected chi connectivity index (χ2v) is 4.43. The highest BCUT2D eigenvalue weighted by Gasteiger charge is 2.22. The van der Waals surface area contributed by atoms with Gasteiger partial charge in [-0.05, 0) is 18.2 Å². The molecule has 6 nitrogen and oxygen atoms in total. The molecule has 0 fully saturated rings. The number of nitrogen functional groups attached to an aromatic ring is 3. The summed E-state index contributed by atoms with van der Waals surface area (Å²) in [4.78, 5) is 9.13. The molecule has 1 heterocycles. The summed E-state index contributed by atoms with van der Waals surface area (Å²) in [5, 5.41) is 1.28. The molecule has 1 aliphatic carbocycles. The van der Waals surface area contributed by atoms with E-state index < -0.39 is 0 Å². The Morgan fingerprint density at radius 3 is 2.50 bits per heavy atom. The molecule has 0 bridgehead atoms. The summed E-state index contributed by atoms with van der Waals surface area (Å²) in [5.74, 6) is 0. The fraction of sp³-hybridized carbons (Fsp3) is 0.167. The molecule has 2 aliphatic rings. The number of allylic oxidation sites excluding steroid dienone is 1. The van der Waals surface area contributed by atoms with E-state index in [9.17, 15) is 0 Å². The highest BCUT2D eigenvalue weighted by Crippen LogP contribution is 2.19. The van der Waals surface area contributed by atoms with Crippen LogP contribution in [0.1, 0.15) is 0 Å². The lowest BCUT2D eigenvalue weighted by molar-refractivity contribution is 0.642. The Kier molecular flexibility index (Phi) is 2.07. The summed E-state index contributed by atoms with van der Waals surface area (Å²) < 4.78 is 0. The molecule has 92 valence electrons. The molecule has 0 amide bonds. The topological polar surface area (TPSA) is 129 Å². The van der Waals surface area contributed by atoms with Gasteiger partial charge >= 0.3 is 0 Å². The Morgan fingerprint density at radius 1 is 0.944 bits per heavy atom. The molecule has 18 heavy (non-hydrogen) atoms. The van der Waals surface area contributed by atoms with E-state index in [4.69, 9.17) is 22.9 Å². The van der Waals surface area contributed by atoms with Gasteiger partial charge in [-0.3, -0.25) is 9.98 Å². The normalized spacial score (nSPS) is 24.3. The largest absolute Gasteiger partial charge is 0.399 e. The molecule has 2 atom stereocenters. The van der Waals surface area contributed by atoms with Crippen molar-refractivity contribution < 1.29 is 0 Å². The van der Waals surface area contributed by atoms with Gasteiger partial charge in [-0.2, -0.15) is 0 Å². The molecule has 0 spiro atoms. The number of nitrogens with zero attached hydrogens (tertiary/aromatic N) is 2. The number of benzene rings is 1. The third-order valence-corrected chi connectivity index (χ3v) is 3.16. The molecule has 1 aliphatic heterocycles. The van der Waals surface area contributed by atoms with Crippen LogP contribution in [0.4, 0.5) is 17.1 Å². The van der Waals surface area contributed by atoms with Crippen LogP contribution in [-0.4, -0.2) is 12.1 Å².